The summed E-state index contributed by atoms with van der Waals surface area (Å²) in [5.74, 6) is 1.48. The van der Waals surface area contributed by atoms with E-state index in [0.29, 0.717) is 11.3 Å². The highest BCUT2D eigenvalue weighted by molar-refractivity contribution is 5.73. The van der Waals surface area contributed by atoms with Gasteiger partial charge in [-0.05, 0) is 10.3 Å². The Morgan fingerprint density at radius 3 is 1.53 bits per heavy atom. The molecule has 2 aromatic rings. The van der Waals surface area contributed by atoms with E-state index < -0.39 is 0 Å². The maximum absolute atomic E-state index is 4.57. The third-order valence-corrected chi connectivity index (χ3v) is 1.93. The van der Waals surface area contributed by atoms with Crippen LogP contribution in [0.25, 0.3) is 11.3 Å². The van der Waals surface area contributed by atoms with Gasteiger partial charge in [0.2, 0.25) is 11.3 Å². The molecule has 0 bridgehead atoms. The van der Waals surface area contributed by atoms with Gasteiger partial charge in [-0.1, -0.05) is 0 Å². The van der Waals surface area contributed by atoms with Crippen molar-refractivity contribution in [2.75, 3.05) is 38.0 Å². The SMILES string of the molecule is CN(C)c1nc2nonc2nc1N(C)C. The van der Waals surface area contributed by atoms with Crippen molar-refractivity contribution in [1.29, 1.82) is 0 Å². The van der Waals surface area contributed by atoms with E-state index in [-0.39, 0.29) is 0 Å². The Labute approximate surface area is 86.7 Å². The van der Waals surface area contributed by atoms with E-state index in [2.05, 4.69) is 24.9 Å². The Hall–Kier alpha value is -1.92. The monoisotopic (exact) mass is 208 g/mol. The number of aromatic nitrogens is 4. The Kier molecular flexibility index (Phi) is 2.14. The van der Waals surface area contributed by atoms with Crippen molar-refractivity contribution >= 4 is 22.9 Å². The van der Waals surface area contributed by atoms with E-state index in [0.717, 1.165) is 11.6 Å². The lowest BCUT2D eigenvalue weighted by molar-refractivity contribution is 0.314. The largest absolute Gasteiger partial charge is 0.360 e. The van der Waals surface area contributed by atoms with Crippen molar-refractivity contribution < 1.29 is 4.63 Å². The van der Waals surface area contributed by atoms with Crippen LogP contribution in [-0.2, 0) is 0 Å². The number of nitrogens with zero attached hydrogens (tertiary/aromatic N) is 6. The lowest BCUT2D eigenvalue weighted by Crippen LogP contribution is -2.19. The summed E-state index contributed by atoms with van der Waals surface area (Å²) in [4.78, 5) is 12.4. The molecule has 0 amide bonds. The molecule has 2 rings (SSSR count). The van der Waals surface area contributed by atoms with Crippen LogP contribution < -0.4 is 9.80 Å². The molecular formula is C8H12N6O. The van der Waals surface area contributed by atoms with Crippen LogP contribution in [0.3, 0.4) is 0 Å². The van der Waals surface area contributed by atoms with Crippen LogP contribution >= 0.6 is 0 Å². The zero-order valence-corrected chi connectivity index (χ0v) is 9.09. The van der Waals surface area contributed by atoms with Crippen molar-refractivity contribution in [2.45, 2.75) is 0 Å². The summed E-state index contributed by atoms with van der Waals surface area (Å²) in [6.45, 7) is 0. The summed E-state index contributed by atoms with van der Waals surface area (Å²) in [5.41, 5.74) is 0.841. The molecule has 0 spiro atoms. The summed E-state index contributed by atoms with van der Waals surface area (Å²) in [5, 5.41) is 7.31. The maximum atomic E-state index is 4.57. The number of fused-ring (bicyclic) bond motifs is 1. The van der Waals surface area contributed by atoms with Crippen LogP contribution in [0, 0.1) is 0 Å². The Bertz CT molecular complexity index is 435. The van der Waals surface area contributed by atoms with Gasteiger partial charge < -0.3 is 9.80 Å². The molecule has 0 unspecified atom stereocenters. The molecule has 7 nitrogen and oxygen atoms in total. The molecule has 0 saturated carbocycles. The van der Waals surface area contributed by atoms with Crippen LogP contribution in [0.15, 0.2) is 4.63 Å². The fourth-order valence-corrected chi connectivity index (χ4v) is 1.22. The van der Waals surface area contributed by atoms with Gasteiger partial charge in [0.05, 0.1) is 0 Å². The van der Waals surface area contributed by atoms with Crippen LogP contribution in [0.4, 0.5) is 11.6 Å². The van der Waals surface area contributed by atoms with Gasteiger partial charge in [-0.25, -0.2) is 14.6 Å². The van der Waals surface area contributed by atoms with Crippen molar-refractivity contribution in [3.8, 4) is 0 Å². The predicted molar refractivity (Wildman–Crippen MR) is 56.0 cm³/mol. The third-order valence-electron chi connectivity index (χ3n) is 1.93. The van der Waals surface area contributed by atoms with Crippen molar-refractivity contribution in [2.24, 2.45) is 0 Å². The maximum Gasteiger partial charge on any atom is 0.245 e. The number of hydrogen-bond acceptors (Lipinski definition) is 7. The lowest BCUT2D eigenvalue weighted by atomic mass is 10.5. The Morgan fingerprint density at radius 2 is 1.20 bits per heavy atom. The summed E-state index contributed by atoms with van der Waals surface area (Å²) in [7, 11) is 7.60. The van der Waals surface area contributed by atoms with Crippen LogP contribution in [0.5, 0.6) is 0 Å². The van der Waals surface area contributed by atoms with Gasteiger partial charge in [0, 0.05) is 28.2 Å². The molecule has 7 heteroatoms. The second-order valence-corrected chi connectivity index (χ2v) is 3.57. The molecule has 0 N–H and O–H groups in total. The van der Waals surface area contributed by atoms with Crippen LogP contribution in [0.2, 0.25) is 0 Å². The first kappa shape index (κ1) is 9.63. The zero-order valence-electron chi connectivity index (χ0n) is 9.09. The minimum absolute atomic E-state index is 0.421. The van der Waals surface area contributed by atoms with E-state index in [1.54, 1.807) is 0 Å². The molecule has 0 saturated heterocycles. The zero-order chi connectivity index (χ0) is 11.0. The van der Waals surface area contributed by atoms with E-state index >= 15 is 0 Å². The van der Waals surface area contributed by atoms with Gasteiger partial charge in [0.1, 0.15) is 0 Å². The molecule has 2 aromatic heterocycles. The quantitative estimate of drug-likeness (QED) is 0.695. The first-order valence-corrected chi connectivity index (χ1v) is 4.44. The predicted octanol–water partition coefficient (Wildman–Crippen LogP) is 0.145. The van der Waals surface area contributed by atoms with Gasteiger partial charge in [-0.3, -0.25) is 0 Å². The van der Waals surface area contributed by atoms with Gasteiger partial charge in [-0.2, -0.15) is 0 Å². The van der Waals surface area contributed by atoms with Gasteiger partial charge in [0.15, 0.2) is 11.6 Å². The highest BCUT2D eigenvalue weighted by Crippen LogP contribution is 2.23. The highest BCUT2D eigenvalue weighted by Gasteiger charge is 2.15. The van der Waals surface area contributed by atoms with Crippen LogP contribution in [-0.4, -0.2) is 48.5 Å². The van der Waals surface area contributed by atoms with E-state index in [1.165, 1.54) is 0 Å². The molecule has 0 aliphatic heterocycles. The van der Waals surface area contributed by atoms with E-state index in [4.69, 9.17) is 0 Å². The summed E-state index contributed by atoms with van der Waals surface area (Å²) < 4.78 is 4.57. The summed E-state index contributed by atoms with van der Waals surface area (Å²) in [6, 6.07) is 0. The number of anilines is 2. The first-order chi connectivity index (χ1) is 7.09. The molecule has 0 fully saturated rings. The third kappa shape index (κ3) is 1.56. The molecule has 15 heavy (non-hydrogen) atoms. The number of rotatable bonds is 2. The Balaban J connectivity index is 2.68. The molecule has 0 aliphatic carbocycles. The van der Waals surface area contributed by atoms with Gasteiger partial charge >= 0.3 is 0 Å². The fraction of sp³-hybridized carbons (Fsp3) is 0.500. The van der Waals surface area contributed by atoms with Gasteiger partial charge in [-0.15, -0.1) is 0 Å². The highest BCUT2D eigenvalue weighted by atomic mass is 16.6. The molecule has 0 atom stereocenters. The summed E-state index contributed by atoms with van der Waals surface area (Å²) in [6.07, 6.45) is 0. The standard InChI is InChI=1S/C8H12N6O/c1-13(2)7-8(14(3)4)10-6-5(9-7)11-15-12-6/h1-4H3. The molecule has 0 aliphatic rings. The molecule has 2 heterocycles. The van der Waals surface area contributed by atoms with Crippen LogP contribution in [0.1, 0.15) is 0 Å². The smallest absolute Gasteiger partial charge is 0.245 e. The molecule has 0 radical (unpaired) electrons. The molecule has 80 valence electrons. The number of hydrogen-bond donors (Lipinski definition) is 0. The average Bonchev–Trinajstić information content (AvgIpc) is 2.61. The molecule has 0 aromatic carbocycles. The second-order valence-electron chi connectivity index (χ2n) is 3.57. The second kappa shape index (κ2) is 3.34. The average molecular weight is 208 g/mol. The van der Waals surface area contributed by atoms with Crippen molar-refractivity contribution in [1.82, 2.24) is 20.3 Å². The summed E-state index contributed by atoms with van der Waals surface area (Å²) >= 11 is 0. The minimum Gasteiger partial charge on any atom is -0.360 e. The lowest BCUT2D eigenvalue weighted by Gasteiger charge is -2.19. The van der Waals surface area contributed by atoms with E-state index in [1.807, 2.05) is 38.0 Å². The normalized spacial score (nSPS) is 10.7. The molecular weight excluding hydrogens is 196 g/mol. The van der Waals surface area contributed by atoms with Crippen molar-refractivity contribution in [3.05, 3.63) is 0 Å². The van der Waals surface area contributed by atoms with E-state index in [9.17, 15) is 0 Å². The topological polar surface area (TPSA) is 71.2 Å². The minimum atomic E-state index is 0.421. The fourth-order valence-electron chi connectivity index (χ4n) is 1.22. The van der Waals surface area contributed by atoms with Gasteiger partial charge in [0.25, 0.3) is 0 Å². The first-order valence-electron chi connectivity index (χ1n) is 4.44. The Morgan fingerprint density at radius 1 is 0.800 bits per heavy atom. The van der Waals surface area contributed by atoms with Crippen molar-refractivity contribution in [3.63, 3.8) is 0 Å².